The Labute approximate surface area is 175 Å². The number of hydrogen-bond acceptors (Lipinski definition) is 5. The molecule has 0 saturated carbocycles. The van der Waals surface area contributed by atoms with Crippen LogP contribution < -0.4 is 20.3 Å². The van der Waals surface area contributed by atoms with Crippen LogP contribution in [0.2, 0.25) is 0 Å². The monoisotopic (exact) mass is 410 g/mol. The van der Waals surface area contributed by atoms with Crippen molar-refractivity contribution < 1.29 is 19.1 Å². The van der Waals surface area contributed by atoms with E-state index in [0.717, 1.165) is 16.2 Å². The summed E-state index contributed by atoms with van der Waals surface area (Å²) in [4.78, 5) is 40.7. The number of carbonyl (C=O) groups excluding carboxylic acids is 3. The fourth-order valence-electron chi connectivity index (χ4n) is 3.43. The number of rotatable bonds is 7. The van der Waals surface area contributed by atoms with E-state index in [4.69, 9.17) is 4.74 Å². The third-order valence-corrected chi connectivity index (χ3v) is 5.05. The fourth-order valence-corrected chi connectivity index (χ4v) is 3.43. The van der Waals surface area contributed by atoms with Gasteiger partial charge >= 0.3 is 6.03 Å². The number of para-hydroxylation sites is 1. The van der Waals surface area contributed by atoms with Gasteiger partial charge in [0.1, 0.15) is 17.8 Å². The van der Waals surface area contributed by atoms with Crippen molar-refractivity contribution in [3.8, 4) is 5.75 Å². The molecule has 3 rings (SSSR count). The largest absolute Gasteiger partial charge is 0.496 e. The lowest BCUT2D eigenvalue weighted by atomic mass is 9.92. The molecule has 0 unspecified atom stereocenters. The average molecular weight is 410 g/mol. The SMILES string of the molecule is COc1ccccc1C[C@]1(C)NC(=O)N(CC(=O)Nc2ccc(N(C)C)cc2)C1=O. The molecule has 0 spiro atoms. The van der Waals surface area contributed by atoms with Gasteiger partial charge in [0.25, 0.3) is 5.91 Å². The number of hydrogen-bond donors (Lipinski definition) is 2. The molecule has 8 nitrogen and oxygen atoms in total. The molecule has 4 amide bonds. The quantitative estimate of drug-likeness (QED) is 0.684. The average Bonchev–Trinajstić information content (AvgIpc) is 2.91. The molecular weight excluding hydrogens is 384 g/mol. The van der Waals surface area contributed by atoms with Crippen LogP contribution in [0.3, 0.4) is 0 Å². The van der Waals surface area contributed by atoms with E-state index < -0.39 is 23.4 Å². The minimum atomic E-state index is -1.15. The second kappa shape index (κ2) is 8.44. The van der Waals surface area contributed by atoms with Crippen LogP contribution in [0.5, 0.6) is 5.75 Å². The van der Waals surface area contributed by atoms with Crippen molar-refractivity contribution in [3.05, 3.63) is 54.1 Å². The van der Waals surface area contributed by atoms with Crippen LogP contribution in [0.1, 0.15) is 12.5 Å². The first kappa shape index (κ1) is 21.2. The van der Waals surface area contributed by atoms with E-state index in [-0.39, 0.29) is 13.0 Å². The number of methoxy groups -OCH3 is 1. The van der Waals surface area contributed by atoms with Gasteiger partial charge in [-0.15, -0.1) is 0 Å². The summed E-state index contributed by atoms with van der Waals surface area (Å²) < 4.78 is 5.34. The zero-order chi connectivity index (χ0) is 21.9. The number of imide groups is 1. The summed E-state index contributed by atoms with van der Waals surface area (Å²) in [6, 6.07) is 14.0. The van der Waals surface area contributed by atoms with Crippen LogP contribution in [0, 0.1) is 0 Å². The van der Waals surface area contributed by atoms with Crippen LogP contribution in [0.4, 0.5) is 16.2 Å². The van der Waals surface area contributed by atoms with E-state index in [1.54, 1.807) is 32.2 Å². The third-order valence-electron chi connectivity index (χ3n) is 5.05. The molecule has 1 aliphatic rings. The summed E-state index contributed by atoms with van der Waals surface area (Å²) in [6.45, 7) is 1.29. The first-order chi connectivity index (χ1) is 14.2. The standard InChI is InChI=1S/C22H26N4O4/c1-22(13-15-7-5-6-8-18(15)30-4)20(28)26(21(29)24-22)14-19(27)23-16-9-11-17(12-10-16)25(2)3/h5-12H,13-14H2,1-4H3,(H,23,27)(H,24,29)/t22-/m0/s1. The minimum Gasteiger partial charge on any atom is -0.496 e. The van der Waals surface area contributed by atoms with Gasteiger partial charge in [0.15, 0.2) is 0 Å². The number of amides is 4. The molecule has 1 saturated heterocycles. The molecule has 1 heterocycles. The third kappa shape index (κ3) is 4.37. The lowest BCUT2D eigenvalue weighted by Gasteiger charge is -2.22. The topological polar surface area (TPSA) is 91.0 Å². The van der Waals surface area contributed by atoms with Crippen molar-refractivity contribution >= 4 is 29.2 Å². The molecule has 0 aliphatic carbocycles. The molecule has 2 aromatic rings. The van der Waals surface area contributed by atoms with Gasteiger partial charge in [-0.25, -0.2) is 4.79 Å². The van der Waals surface area contributed by atoms with Crippen LogP contribution in [-0.4, -0.2) is 56.0 Å². The summed E-state index contributed by atoms with van der Waals surface area (Å²) in [5.41, 5.74) is 1.23. The molecule has 0 bridgehead atoms. The summed E-state index contributed by atoms with van der Waals surface area (Å²) in [6.07, 6.45) is 0.256. The molecule has 0 radical (unpaired) electrons. The maximum Gasteiger partial charge on any atom is 0.325 e. The Bertz CT molecular complexity index is 958. The van der Waals surface area contributed by atoms with Crippen LogP contribution >= 0.6 is 0 Å². The zero-order valence-corrected chi connectivity index (χ0v) is 17.6. The summed E-state index contributed by atoms with van der Waals surface area (Å²) >= 11 is 0. The molecule has 8 heteroatoms. The minimum absolute atomic E-state index is 0.256. The Hall–Kier alpha value is -3.55. The van der Waals surface area contributed by atoms with Crippen molar-refractivity contribution in [1.82, 2.24) is 10.2 Å². The number of nitrogens with one attached hydrogen (secondary N) is 2. The van der Waals surface area contributed by atoms with Crippen molar-refractivity contribution in [2.24, 2.45) is 0 Å². The second-order valence-corrected chi connectivity index (χ2v) is 7.63. The van der Waals surface area contributed by atoms with E-state index in [0.29, 0.717) is 11.4 Å². The van der Waals surface area contributed by atoms with Crippen LogP contribution in [0.15, 0.2) is 48.5 Å². The smallest absolute Gasteiger partial charge is 0.325 e. The summed E-state index contributed by atoms with van der Waals surface area (Å²) in [5, 5.41) is 5.44. The Morgan fingerprint density at radius 3 is 2.43 bits per heavy atom. The Kier molecular flexibility index (Phi) is 5.96. The maximum atomic E-state index is 13.0. The number of ether oxygens (including phenoxy) is 1. The fraction of sp³-hybridized carbons (Fsp3) is 0.318. The van der Waals surface area contributed by atoms with Gasteiger partial charge in [0, 0.05) is 31.9 Å². The molecule has 2 N–H and O–H groups in total. The van der Waals surface area contributed by atoms with Gasteiger partial charge in [-0.05, 0) is 42.8 Å². The molecule has 1 fully saturated rings. The maximum absolute atomic E-state index is 13.0. The molecule has 30 heavy (non-hydrogen) atoms. The highest BCUT2D eigenvalue weighted by atomic mass is 16.5. The Morgan fingerprint density at radius 2 is 1.80 bits per heavy atom. The van der Waals surface area contributed by atoms with Crippen molar-refractivity contribution in [2.75, 3.05) is 38.0 Å². The number of benzene rings is 2. The first-order valence-corrected chi connectivity index (χ1v) is 9.57. The molecular formula is C22H26N4O4. The highest BCUT2D eigenvalue weighted by Crippen LogP contribution is 2.27. The number of carbonyl (C=O) groups is 3. The van der Waals surface area contributed by atoms with Crippen molar-refractivity contribution in [1.29, 1.82) is 0 Å². The van der Waals surface area contributed by atoms with Gasteiger partial charge < -0.3 is 20.3 Å². The zero-order valence-electron chi connectivity index (χ0n) is 17.6. The molecule has 0 aromatic heterocycles. The first-order valence-electron chi connectivity index (χ1n) is 9.57. The second-order valence-electron chi connectivity index (χ2n) is 7.63. The Morgan fingerprint density at radius 1 is 1.13 bits per heavy atom. The number of urea groups is 1. The van der Waals surface area contributed by atoms with E-state index in [1.165, 1.54) is 0 Å². The molecule has 2 aromatic carbocycles. The van der Waals surface area contributed by atoms with Crippen LogP contribution in [0.25, 0.3) is 0 Å². The molecule has 1 aliphatic heterocycles. The van der Waals surface area contributed by atoms with E-state index in [9.17, 15) is 14.4 Å². The Balaban J connectivity index is 1.67. The summed E-state index contributed by atoms with van der Waals surface area (Å²) in [7, 11) is 5.40. The van der Waals surface area contributed by atoms with Crippen molar-refractivity contribution in [3.63, 3.8) is 0 Å². The van der Waals surface area contributed by atoms with E-state index in [2.05, 4.69) is 10.6 Å². The van der Waals surface area contributed by atoms with Gasteiger partial charge in [0.2, 0.25) is 5.91 Å². The normalized spacial score (nSPS) is 18.2. The lowest BCUT2D eigenvalue weighted by Crippen LogP contribution is -2.46. The highest BCUT2D eigenvalue weighted by molar-refractivity contribution is 6.10. The lowest BCUT2D eigenvalue weighted by molar-refractivity contribution is -0.133. The highest BCUT2D eigenvalue weighted by Gasteiger charge is 2.48. The van der Waals surface area contributed by atoms with Gasteiger partial charge in [-0.1, -0.05) is 18.2 Å². The van der Waals surface area contributed by atoms with Gasteiger partial charge in [-0.2, -0.15) is 0 Å². The predicted molar refractivity (Wildman–Crippen MR) is 115 cm³/mol. The van der Waals surface area contributed by atoms with Crippen LogP contribution in [-0.2, 0) is 16.0 Å². The van der Waals surface area contributed by atoms with E-state index >= 15 is 0 Å². The van der Waals surface area contributed by atoms with Gasteiger partial charge in [0.05, 0.1) is 7.11 Å². The molecule has 1 atom stereocenters. The summed E-state index contributed by atoms with van der Waals surface area (Å²) in [5.74, 6) is -0.257. The predicted octanol–water partition coefficient (Wildman–Crippen LogP) is 2.25. The van der Waals surface area contributed by atoms with Crippen molar-refractivity contribution in [2.45, 2.75) is 18.9 Å². The molecule has 158 valence electrons. The number of nitrogens with zero attached hydrogens (tertiary/aromatic N) is 2. The van der Waals surface area contributed by atoms with Gasteiger partial charge in [-0.3, -0.25) is 14.5 Å². The van der Waals surface area contributed by atoms with E-state index in [1.807, 2.05) is 49.3 Å². The number of anilines is 2.